The number of hydrogen-bond acceptors (Lipinski definition) is 8. The summed E-state index contributed by atoms with van der Waals surface area (Å²) in [6.45, 7) is 7.00. The van der Waals surface area contributed by atoms with Crippen LogP contribution in [-0.4, -0.2) is 59.0 Å². The Labute approximate surface area is 210 Å². The molecule has 6 rings (SSSR count). The van der Waals surface area contributed by atoms with Crippen LogP contribution in [0.5, 0.6) is 5.75 Å². The molecule has 186 valence electrons. The van der Waals surface area contributed by atoms with Crippen LogP contribution in [-0.2, 0) is 4.74 Å². The van der Waals surface area contributed by atoms with Crippen LogP contribution in [0.3, 0.4) is 0 Å². The van der Waals surface area contributed by atoms with Crippen molar-refractivity contribution in [3.63, 3.8) is 0 Å². The van der Waals surface area contributed by atoms with Gasteiger partial charge >= 0.3 is 0 Å². The van der Waals surface area contributed by atoms with Crippen molar-refractivity contribution in [1.29, 1.82) is 0 Å². The molecule has 0 amide bonds. The van der Waals surface area contributed by atoms with Crippen LogP contribution in [0.1, 0.15) is 31.4 Å². The number of morpholine rings is 1. The van der Waals surface area contributed by atoms with Gasteiger partial charge in [-0.25, -0.2) is 9.50 Å². The van der Waals surface area contributed by atoms with Crippen molar-refractivity contribution in [2.24, 2.45) is 0 Å². The van der Waals surface area contributed by atoms with E-state index < -0.39 is 0 Å². The van der Waals surface area contributed by atoms with Gasteiger partial charge in [-0.3, -0.25) is 0 Å². The van der Waals surface area contributed by atoms with Gasteiger partial charge < -0.3 is 24.6 Å². The molecule has 2 aliphatic rings. The van der Waals surface area contributed by atoms with Gasteiger partial charge in [-0.2, -0.15) is 4.98 Å². The average Bonchev–Trinajstić information content (AvgIpc) is 3.57. The van der Waals surface area contributed by atoms with E-state index in [9.17, 15) is 0 Å². The molecular weight excluding hydrogens is 454 g/mol. The average molecular weight is 486 g/mol. The van der Waals surface area contributed by atoms with E-state index >= 15 is 0 Å². The SMILES string of the molecule is CCOc1ccc(C2CCCN2c2nccn3nc(Nc4ccc(N5CCOCC5)cc4)nc23)cc1. The highest BCUT2D eigenvalue weighted by Crippen LogP contribution is 2.37. The molecule has 0 saturated carbocycles. The second-order valence-electron chi connectivity index (χ2n) is 9.08. The largest absolute Gasteiger partial charge is 0.494 e. The van der Waals surface area contributed by atoms with Gasteiger partial charge in [-0.15, -0.1) is 5.10 Å². The van der Waals surface area contributed by atoms with E-state index in [2.05, 4.69) is 56.6 Å². The molecule has 0 aliphatic carbocycles. The van der Waals surface area contributed by atoms with E-state index in [4.69, 9.17) is 19.4 Å². The molecule has 2 saturated heterocycles. The molecule has 2 fully saturated rings. The maximum Gasteiger partial charge on any atom is 0.247 e. The summed E-state index contributed by atoms with van der Waals surface area (Å²) in [5.41, 5.74) is 4.17. The monoisotopic (exact) mass is 485 g/mol. The smallest absolute Gasteiger partial charge is 0.247 e. The molecule has 2 aromatic carbocycles. The summed E-state index contributed by atoms with van der Waals surface area (Å²) in [6.07, 6.45) is 5.83. The number of nitrogens with one attached hydrogen (secondary N) is 1. The van der Waals surface area contributed by atoms with Crippen LogP contribution in [0.15, 0.2) is 60.9 Å². The number of rotatable bonds is 7. The van der Waals surface area contributed by atoms with Gasteiger partial charge in [0.25, 0.3) is 0 Å². The fourth-order valence-electron chi connectivity index (χ4n) is 5.09. The minimum Gasteiger partial charge on any atom is -0.494 e. The number of fused-ring (bicyclic) bond motifs is 1. The Hall–Kier alpha value is -3.85. The van der Waals surface area contributed by atoms with E-state index in [1.54, 1.807) is 10.7 Å². The molecule has 1 N–H and O–H groups in total. The summed E-state index contributed by atoms with van der Waals surface area (Å²) >= 11 is 0. The van der Waals surface area contributed by atoms with Crippen molar-refractivity contribution in [3.8, 4) is 5.75 Å². The van der Waals surface area contributed by atoms with Crippen LogP contribution in [0.2, 0.25) is 0 Å². The zero-order valence-electron chi connectivity index (χ0n) is 20.5. The lowest BCUT2D eigenvalue weighted by atomic mass is 10.0. The highest BCUT2D eigenvalue weighted by Gasteiger charge is 2.29. The first-order valence-electron chi connectivity index (χ1n) is 12.7. The number of aromatic nitrogens is 4. The predicted octanol–water partition coefficient (Wildman–Crippen LogP) is 4.44. The van der Waals surface area contributed by atoms with E-state index in [1.165, 1.54) is 11.3 Å². The molecule has 36 heavy (non-hydrogen) atoms. The Bertz CT molecular complexity index is 1300. The lowest BCUT2D eigenvalue weighted by Gasteiger charge is -2.28. The van der Waals surface area contributed by atoms with Crippen molar-refractivity contribution in [2.45, 2.75) is 25.8 Å². The van der Waals surface area contributed by atoms with Gasteiger partial charge in [0.15, 0.2) is 11.5 Å². The molecule has 0 bridgehead atoms. The summed E-state index contributed by atoms with van der Waals surface area (Å²) in [5.74, 6) is 2.31. The maximum absolute atomic E-state index is 5.62. The fraction of sp³-hybridized carbons (Fsp3) is 0.370. The summed E-state index contributed by atoms with van der Waals surface area (Å²) in [7, 11) is 0. The lowest BCUT2D eigenvalue weighted by molar-refractivity contribution is 0.122. The quantitative estimate of drug-likeness (QED) is 0.411. The number of nitrogens with zero attached hydrogens (tertiary/aromatic N) is 6. The van der Waals surface area contributed by atoms with Crippen molar-refractivity contribution in [1.82, 2.24) is 19.6 Å². The summed E-state index contributed by atoms with van der Waals surface area (Å²) in [5, 5.41) is 8.02. The fourth-order valence-corrected chi connectivity index (χ4v) is 5.09. The third-order valence-corrected chi connectivity index (χ3v) is 6.84. The number of benzene rings is 2. The topological polar surface area (TPSA) is 80.0 Å². The summed E-state index contributed by atoms with van der Waals surface area (Å²) in [4.78, 5) is 14.2. The van der Waals surface area contributed by atoms with Crippen molar-refractivity contribution >= 4 is 28.8 Å². The molecule has 1 unspecified atom stereocenters. The Morgan fingerprint density at radius 3 is 2.61 bits per heavy atom. The first kappa shape index (κ1) is 22.6. The molecular formula is C27H31N7O2. The summed E-state index contributed by atoms with van der Waals surface area (Å²) in [6, 6.07) is 17.1. The molecule has 4 heterocycles. The molecule has 9 heteroatoms. The Morgan fingerprint density at radius 1 is 1.03 bits per heavy atom. The van der Waals surface area contributed by atoms with Crippen LogP contribution in [0.25, 0.3) is 5.65 Å². The zero-order valence-corrected chi connectivity index (χ0v) is 20.5. The van der Waals surface area contributed by atoms with Crippen molar-refractivity contribution in [3.05, 3.63) is 66.5 Å². The molecule has 2 aromatic heterocycles. The van der Waals surface area contributed by atoms with Gasteiger partial charge in [0, 0.05) is 43.4 Å². The van der Waals surface area contributed by atoms with E-state index in [0.717, 1.165) is 68.6 Å². The molecule has 0 radical (unpaired) electrons. The number of ether oxygens (including phenoxy) is 2. The Morgan fingerprint density at radius 2 is 1.83 bits per heavy atom. The van der Waals surface area contributed by atoms with Gasteiger partial charge in [-0.05, 0) is 61.7 Å². The Kier molecular flexibility index (Phi) is 6.29. The first-order chi connectivity index (χ1) is 17.8. The van der Waals surface area contributed by atoms with Gasteiger partial charge in [0.1, 0.15) is 5.75 Å². The van der Waals surface area contributed by atoms with Gasteiger partial charge in [0.2, 0.25) is 5.95 Å². The van der Waals surface area contributed by atoms with Crippen LogP contribution < -0.4 is 19.9 Å². The molecule has 0 spiro atoms. The third kappa shape index (κ3) is 4.54. The zero-order chi connectivity index (χ0) is 24.3. The van der Waals surface area contributed by atoms with Crippen molar-refractivity contribution in [2.75, 3.05) is 54.6 Å². The van der Waals surface area contributed by atoms with Gasteiger partial charge in [0.05, 0.1) is 25.9 Å². The second kappa shape index (κ2) is 10.0. The minimum atomic E-state index is 0.250. The highest BCUT2D eigenvalue weighted by atomic mass is 16.5. The first-order valence-corrected chi connectivity index (χ1v) is 12.7. The predicted molar refractivity (Wildman–Crippen MR) is 140 cm³/mol. The number of hydrogen-bond donors (Lipinski definition) is 1. The van der Waals surface area contributed by atoms with Crippen LogP contribution >= 0.6 is 0 Å². The van der Waals surface area contributed by atoms with Crippen LogP contribution in [0.4, 0.5) is 23.1 Å². The Balaban J connectivity index is 1.22. The molecule has 4 aromatic rings. The van der Waals surface area contributed by atoms with Gasteiger partial charge in [-0.1, -0.05) is 12.1 Å². The maximum atomic E-state index is 5.62. The van der Waals surface area contributed by atoms with E-state index in [0.29, 0.717) is 12.6 Å². The lowest BCUT2D eigenvalue weighted by Crippen LogP contribution is -2.36. The highest BCUT2D eigenvalue weighted by molar-refractivity contribution is 5.68. The summed E-state index contributed by atoms with van der Waals surface area (Å²) < 4.78 is 12.9. The van der Waals surface area contributed by atoms with E-state index in [1.807, 2.05) is 25.3 Å². The minimum absolute atomic E-state index is 0.250. The van der Waals surface area contributed by atoms with Crippen molar-refractivity contribution < 1.29 is 9.47 Å². The standard InChI is InChI=1S/C27H31N7O2/c1-2-36-23-11-5-20(6-12-23)24-4-3-14-33(24)25-26-30-27(31-34(26)15-13-28-25)29-21-7-9-22(10-8-21)32-16-18-35-19-17-32/h5-13,15,24H,2-4,14,16-19H2,1H3,(H,29,31). The molecule has 1 atom stereocenters. The third-order valence-electron chi connectivity index (χ3n) is 6.84. The second-order valence-corrected chi connectivity index (χ2v) is 9.08. The van der Waals surface area contributed by atoms with E-state index in [-0.39, 0.29) is 6.04 Å². The molecule has 9 nitrogen and oxygen atoms in total. The molecule has 2 aliphatic heterocycles. The normalized spacial score (nSPS) is 18.1. The van der Waals surface area contributed by atoms with Crippen LogP contribution in [0, 0.1) is 0 Å². The number of anilines is 4.